The van der Waals surface area contributed by atoms with Crippen LogP contribution in [-0.4, -0.2) is 33.9 Å². The molecule has 1 heterocycles. The van der Waals surface area contributed by atoms with Gasteiger partial charge in [-0.25, -0.2) is 9.97 Å². The maximum atomic E-state index is 13.0. The van der Waals surface area contributed by atoms with E-state index < -0.39 is 0 Å². The van der Waals surface area contributed by atoms with Crippen LogP contribution in [0.15, 0.2) is 54.7 Å². The van der Waals surface area contributed by atoms with Crippen LogP contribution in [0.3, 0.4) is 0 Å². The summed E-state index contributed by atoms with van der Waals surface area (Å²) >= 11 is 0. The molecule has 0 radical (unpaired) electrons. The first-order chi connectivity index (χ1) is 15.5. The van der Waals surface area contributed by atoms with Gasteiger partial charge in [-0.1, -0.05) is 38.8 Å². The third-order valence-corrected chi connectivity index (χ3v) is 5.55. The predicted octanol–water partition coefficient (Wildman–Crippen LogP) is 5.82. The molecule has 0 saturated heterocycles. The maximum absolute atomic E-state index is 13.0. The van der Waals surface area contributed by atoms with Gasteiger partial charge in [0.05, 0.1) is 5.69 Å². The second kappa shape index (κ2) is 11.3. The van der Waals surface area contributed by atoms with Gasteiger partial charge in [0, 0.05) is 41.8 Å². The fourth-order valence-electron chi connectivity index (χ4n) is 3.52. The summed E-state index contributed by atoms with van der Waals surface area (Å²) in [5.74, 6) is 0.588. The SMILES string of the molecule is CCCCN(CCCC)C(=O)c1ccc(Nc2nccc(-c3cccc(N)c3C)n2)cc1. The number of nitrogens with zero attached hydrogens (tertiary/aromatic N) is 3. The zero-order valence-corrected chi connectivity index (χ0v) is 19.3. The van der Waals surface area contributed by atoms with Crippen molar-refractivity contribution in [2.45, 2.75) is 46.5 Å². The van der Waals surface area contributed by atoms with Crippen molar-refractivity contribution in [2.75, 3.05) is 24.1 Å². The quantitative estimate of drug-likeness (QED) is 0.395. The molecule has 1 amide bonds. The van der Waals surface area contributed by atoms with Gasteiger partial charge in [-0.2, -0.15) is 0 Å². The van der Waals surface area contributed by atoms with E-state index >= 15 is 0 Å². The van der Waals surface area contributed by atoms with Crippen LogP contribution < -0.4 is 11.1 Å². The highest BCUT2D eigenvalue weighted by Crippen LogP contribution is 2.26. The van der Waals surface area contributed by atoms with Crippen molar-refractivity contribution in [3.63, 3.8) is 0 Å². The molecule has 0 atom stereocenters. The highest BCUT2D eigenvalue weighted by molar-refractivity contribution is 5.94. The first kappa shape index (κ1) is 23.3. The number of amides is 1. The van der Waals surface area contributed by atoms with Crippen molar-refractivity contribution < 1.29 is 4.79 Å². The van der Waals surface area contributed by atoms with E-state index in [0.29, 0.717) is 11.5 Å². The Hall–Kier alpha value is -3.41. The summed E-state index contributed by atoms with van der Waals surface area (Å²) in [6.45, 7) is 7.89. The Labute approximate surface area is 190 Å². The van der Waals surface area contributed by atoms with Crippen molar-refractivity contribution in [1.29, 1.82) is 0 Å². The number of rotatable bonds is 10. The molecule has 0 aliphatic heterocycles. The molecule has 3 rings (SSSR count). The summed E-state index contributed by atoms with van der Waals surface area (Å²) < 4.78 is 0. The van der Waals surface area contributed by atoms with Crippen molar-refractivity contribution in [3.8, 4) is 11.3 Å². The van der Waals surface area contributed by atoms with Gasteiger partial charge in [0.15, 0.2) is 0 Å². The van der Waals surface area contributed by atoms with Crippen LogP contribution >= 0.6 is 0 Å². The largest absolute Gasteiger partial charge is 0.398 e. The number of nitrogens with two attached hydrogens (primary N) is 1. The zero-order valence-electron chi connectivity index (χ0n) is 19.3. The third-order valence-electron chi connectivity index (χ3n) is 5.55. The predicted molar refractivity (Wildman–Crippen MR) is 132 cm³/mol. The van der Waals surface area contributed by atoms with E-state index in [2.05, 4.69) is 29.1 Å². The van der Waals surface area contributed by atoms with Gasteiger partial charge >= 0.3 is 0 Å². The number of nitrogen functional groups attached to an aromatic ring is 1. The van der Waals surface area contributed by atoms with Crippen LogP contribution in [0.25, 0.3) is 11.3 Å². The number of anilines is 3. The molecular formula is C26H33N5O. The Morgan fingerprint density at radius 1 is 1.00 bits per heavy atom. The Morgan fingerprint density at radius 2 is 1.69 bits per heavy atom. The molecule has 168 valence electrons. The van der Waals surface area contributed by atoms with E-state index in [4.69, 9.17) is 5.73 Å². The minimum Gasteiger partial charge on any atom is -0.398 e. The summed E-state index contributed by atoms with van der Waals surface area (Å²) in [6.07, 6.45) is 5.93. The highest BCUT2D eigenvalue weighted by Gasteiger charge is 2.15. The van der Waals surface area contributed by atoms with Crippen molar-refractivity contribution >= 4 is 23.2 Å². The van der Waals surface area contributed by atoms with Gasteiger partial charge in [0.1, 0.15) is 0 Å². The summed E-state index contributed by atoms with van der Waals surface area (Å²) in [7, 11) is 0. The van der Waals surface area contributed by atoms with E-state index in [-0.39, 0.29) is 5.91 Å². The van der Waals surface area contributed by atoms with Crippen LogP contribution in [0.4, 0.5) is 17.3 Å². The average Bonchev–Trinajstić information content (AvgIpc) is 2.81. The average molecular weight is 432 g/mol. The van der Waals surface area contributed by atoms with E-state index in [9.17, 15) is 4.79 Å². The molecule has 0 fully saturated rings. The molecule has 0 aliphatic carbocycles. The Balaban J connectivity index is 1.73. The number of carbonyl (C=O) groups is 1. The smallest absolute Gasteiger partial charge is 0.253 e. The molecule has 1 aromatic heterocycles. The fraction of sp³-hybridized carbons (Fsp3) is 0.346. The molecule has 0 spiro atoms. The van der Waals surface area contributed by atoms with Crippen LogP contribution in [0.2, 0.25) is 0 Å². The van der Waals surface area contributed by atoms with E-state index in [0.717, 1.165) is 67.0 Å². The molecule has 0 bridgehead atoms. The molecule has 6 heteroatoms. The summed E-state index contributed by atoms with van der Waals surface area (Å²) in [4.78, 5) is 23.9. The molecule has 32 heavy (non-hydrogen) atoms. The standard InChI is InChI=1S/C26H33N5O/c1-4-6-17-31(18-7-5-2)25(32)20-11-13-21(14-12-20)29-26-28-16-15-24(30-26)22-9-8-10-23(27)19(22)3/h8-16H,4-7,17-18,27H2,1-3H3,(H,28,29,30). The number of benzene rings is 2. The maximum Gasteiger partial charge on any atom is 0.253 e. The molecule has 3 aromatic rings. The van der Waals surface area contributed by atoms with Crippen LogP contribution in [0, 0.1) is 6.92 Å². The van der Waals surface area contributed by atoms with Crippen LogP contribution in [0.1, 0.15) is 55.5 Å². The molecule has 6 nitrogen and oxygen atoms in total. The molecule has 0 saturated carbocycles. The van der Waals surface area contributed by atoms with Crippen molar-refractivity contribution in [1.82, 2.24) is 14.9 Å². The van der Waals surface area contributed by atoms with Gasteiger partial charge in [0.2, 0.25) is 5.95 Å². The van der Waals surface area contributed by atoms with Crippen LogP contribution in [0.5, 0.6) is 0 Å². The molecule has 3 N–H and O–H groups in total. The Bertz CT molecular complexity index is 1020. The lowest BCUT2D eigenvalue weighted by molar-refractivity contribution is 0.0751. The van der Waals surface area contributed by atoms with Gasteiger partial charge < -0.3 is 16.0 Å². The summed E-state index contributed by atoms with van der Waals surface area (Å²) in [6, 6.07) is 15.2. The summed E-state index contributed by atoms with van der Waals surface area (Å²) in [5.41, 5.74) is 11.1. The molecular weight excluding hydrogens is 398 g/mol. The lowest BCUT2D eigenvalue weighted by Gasteiger charge is -2.22. The monoisotopic (exact) mass is 431 g/mol. The second-order valence-electron chi connectivity index (χ2n) is 7.99. The normalized spacial score (nSPS) is 10.7. The number of unbranched alkanes of at least 4 members (excludes halogenated alkanes) is 2. The van der Waals surface area contributed by atoms with Crippen molar-refractivity contribution in [2.24, 2.45) is 0 Å². The van der Waals surface area contributed by atoms with Gasteiger partial charge in [0.25, 0.3) is 5.91 Å². The number of nitrogens with one attached hydrogen (secondary N) is 1. The third kappa shape index (κ3) is 5.84. The second-order valence-corrected chi connectivity index (χ2v) is 7.99. The van der Waals surface area contributed by atoms with Crippen molar-refractivity contribution in [3.05, 3.63) is 65.9 Å². The lowest BCUT2D eigenvalue weighted by atomic mass is 10.0. The van der Waals surface area contributed by atoms with E-state index in [1.165, 1.54) is 0 Å². The fourth-order valence-corrected chi connectivity index (χ4v) is 3.52. The zero-order chi connectivity index (χ0) is 22.9. The van der Waals surface area contributed by atoms with Gasteiger partial charge in [-0.15, -0.1) is 0 Å². The van der Waals surface area contributed by atoms with Gasteiger partial charge in [-0.05, 0) is 61.7 Å². The van der Waals surface area contributed by atoms with E-state index in [1.54, 1.807) is 6.20 Å². The van der Waals surface area contributed by atoms with Crippen LogP contribution in [-0.2, 0) is 0 Å². The minimum absolute atomic E-state index is 0.0915. The minimum atomic E-state index is 0.0915. The first-order valence-corrected chi connectivity index (χ1v) is 11.4. The highest BCUT2D eigenvalue weighted by atomic mass is 16.2. The van der Waals surface area contributed by atoms with Gasteiger partial charge in [-0.3, -0.25) is 4.79 Å². The first-order valence-electron chi connectivity index (χ1n) is 11.4. The summed E-state index contributed by atoms with van der Waals surface area (Å²) in [5, 5.41) is 3.23. The molecule has 0 unspecified atom stereocenters. The number of carbonyl (C=O) groups excluding carboxylic acids is 1. The Morgan fingerprint density at radius 3 is 2.34 bits per heavy atom. The molecule has 0 aliphatic rings. The lowest BCUT2D eigenvalue weighted by Crippen LogP contribution is -2.32. The topological polar surface area (TPSA) is 84.1 Å². The van der Waals surface area contributed by atoms with E-state index in [1.807, 2.05) is 60.4 Å². The number of hydrogen-bond acceptors (Lipinski definition) is 5. The number of aromatic nitrogens is 2. The Kier molecular flexibility index (Phi) is 8.20. The molecule has 2 aromatic carbocycles. The number of hydrogen-bond donors (Lipinski definition) is 2.